The van der Waals surface area contributed by atoms with E-state index in [1.54, 1.807) is 37.3 Å². The summed E-state index contributed by atoms with van der Waals surface area (Å²) < 4.78 is 16.8. The van der Waals surface area contributed by atoms with Crippen molar-refractivity contribution in [2.45, 2.75) is 33.8 Å². The second-order valence-corrected chi connectivity index (χ2v) is 6.42. The molecule has 0 bridgehead atoms. The van der Waals surface area contributed by atoms with Crippen LogP contribution in [-0.4, -0.2) is 25.2 Å². The number of ether oxygens (including phenoxy) is 3. The van der Waals surface area contributed by atoms with Crippen LogP contribution in [0.3, 0.4) is 0 Å². The molecule has 0 unspecified atom stereocenters. The highest BCUT2D eigenvalue weighted by atomic mass is 35.5. The Morgan fingerprint density at radius 2 is 1.79 bits per heavy atom. The van der Waals surface area contributed by atoms with Crippen LogP contribution < -0.4 is 19.5 Å². The summed E-state index contributed by atoms with van der Waals surface area (Å²) in [6.07, 6.45) is -0.784. The van der Waals surface area contributed by atoms with Crippen molar-refractivity contribution in [1.82, 2.24) is 0 Å². The fraction of sp³-hybridized carbons (Fsp3) is 0.333. The molecule has 0 heterocycles. The normalized spacial score (nSPS) is 11.3. The van der Waals surface area contributed by atoms with Crippen molar-refractivity contribution in [2.75, 3.05) is 18.5 Å². The summed E-state index contributed by atoms with van der Waals surface area (Å²) in [7, 11) is 0. The third kappa shape index (κ3) is 5.30. The zero-order valence-corrected chi connectivity index (χ0v) is 17.1. The van der Waals surface area contributed by atoms with E-state index in [-0.39, 0.29) is 5.56 Å². The van der Waals surface area contributed by atoms with Crippen LogP contribution >= 0.6 is 11.6 Å². The SMILES string of the molecule is CCOc1cc(C#N)c(NC(=O)[C@H](C)Oc2ccc(Cl)cc2C)cc1OCC. The number of nitriles is 1. The van der Waals surface area contributed by atoms with Crippen molar-refractivity contribution in [3.8, 4) is 23.3 Å². The Hall–Kier alpha value is -2.91. The Kier molecular flexibility index (Phi) is 7.53. The van der Waals surface area contributed by atoms with Crippen LogP contribution in [0.5, 0.6) is 17.2 Å². The lowest BCUT2D eigenvalue weighted by molar-refractivity contribution is -0.122. The summed E-state index contributed by atoms with van der Waals surface area (Å²) in [5.41, 5.74) is 1.43. The lowest BCUT2D eigenvalue weighted by Gasteiger charge is -2.18. The van der Waals surface area contributed by atoms with Gasteiger partial charge in [0.25, 0.3) is 5.91 Å². The minimum absolute atomic E-state index is 0.273. The summed E-state index contributed by atoms with van der Waals surface area (Å²) in [5.74, 6) is 1.09. The smallest absolute Gasteiger partial charge is 0.265 e. The zero-order valence-electron chi connectivity index (χ0n) is 16.3. The Morgan fingerprint density at radius 3 is 2.36 bits per heavy atom. The predicted octanol–water partition coefficient (Wildman–Crippen LogP) is 4.72. The van der Waals surface area contributed by atoms with Gasteiger partial charge in [-0.2, -0.15) is 5.26 Å². The number of hydrogen-bond acceptors (Lipinski definition) is 5. The molecule has 0 aliphatic carbocycles. The van der Waals surface area contributed by atoms with Crippen LogP contribution in [0.25, 0.3) is 0 Å². The maximum Gasteiger partial charge on any atom is 0.265 e. The van der Waals surface area contributed by atoms with Gasteiger partial charge in [-0.05, 0) is 51.5 Å². The van der Waals surface area contributed by atoms with Crippen LogP contribution in [0, 0.1) is 18.3 Å². The zero-order chi connectivity index (χ0) is 20.7. The van der Waals surface area contributed by atoms with E-state index in [4.69, 9.17) is 25.8 Å². The Morgan fingerprint density at radius 1 is 1.14 bits per heavy atom. The number of nitrogens with one attached hydrogen (secondary N) is 1. The van der Waals surface area contributed by atoms with Gasteiger partial charge < -0.3 is 19.5 Å². The molecule has 148 valence electrons. The van der Waals surface area contributed by atoms with Gasteiger partial charge in [0, 0.05) is 17.2 Å². The number of aryl methyl sites for hydroxylation is 1. The molecule has 0 radical (unpaired) electrons. The molecule has 0 saturated heterocycles. The second kappa shape index (κ2) is 9.86. The molecule has 1 N–H and O–H groups in total. The van der Waals surface area contributed by atoms with Crippen molar-refractivity contribution in [2.24, 2.45) is 0 Å². The number of carbonyl (C=O) groups is 1. The van der Waals surface area contributed by atoms with E-state index in [2.05, 4.69) is 11.4 Å². The predicted molar refractivity (Wildman–Crippen MR) is 108 cm³/mol. The molecule has 0 spiro atoms. The van der Waals surface area contributed by atoms with Gasteiger partial charge in [0.15, 0.2) is 17.6 Å². The highest BCUT2D eigenvalue weighted by molar-refractivity contribution is 6.30. The second-order valence-electron chi connectivity index (χ2n) is 5.98. The fourth-order valence-electron chi connectivity index (χ4n) is 2.52. The number of nitrogens with zero attached hydrogens (tertiary/aromatic N) is 1. The van der Waals surface area contributed by atoms with Crippen molar-refractivity contribution < 1.29 is 19.0 Å². The number of anilines is 1. The fourth-order valence-corrected chi connectivity index (χ4v) is 2.74. The Bertz CT molecular complexity index is 893. The van der Waals surface area contributed by atoms with Crippen molar-refractivity contribution >= 4 is 23.2 Å². The third-order valence-electron chi connectivity index (χ3n) is 3.87. The summed E-state index contributed by atoms with van der Waals surface area (Å²) in [6, 6.07) is 10.4. The average Bonchev–Trinajstić information content (AvgIpc) is 2.66. The van der Waals surface area contributed by atoms with Crippen LogP contribution in [0.1, 0.15) is 31.9 Å². The molecule has 1 atom stereocenters. The Balaban J connectivity index is 2.21. The highest BCUT2D eigenvalue weighted by Crippen LogP contribution is 2.34. The first-order valence-corrected chi connectivity index (χ1v) is 9.34. The van der Waals surface area contributed by atoms with Gasteiger partial charge in [0.1, 0.15) is 11.8 Å². The number of halogens is 1. The molecule has 0 aliphatic rings. The Labute approximate surface area is 170 Å². The molecular weight excluding hydrogens is 380 g/mol. The van der Waals surface area contributed by atoms with Crippen LogP contribution in [0.15, 0.2) is 30.3 Å². The first kappa shape index (κ1) is 21.4. The standard InChI is InChI=1S/C21H23ClN2O4/c1-5-26-19-10-15(12-23)17(11-20(19)27-6-2)24-21(25)14(4)28-18-8-7-16(22)9-13(18)3/h7-11,14H,5-6H2,1-4H3,(H,24,25)/t14-/m0/s1. The first-order valence-electron chi connectivity index (χ1n) is 8.97. The van der Waals surface area contributed by atoms with Gasteiger partial charge in [-0.15, -0.1) is 0 Å². The lowest BCUT2D eigenvalue weighted by Crippen LogP contribution is -2.30. The monoisotopic (exact) mass is 402 g/mol. The van der Waals surface area contributed by atoms with Crippen molar-refractivity contribution in [3.05, 3.63) is 46.5 Å². The number of amides is 1. The molecule has 6 nitrogen and oxygen atoms in total. The maximum atomic E-state index is 12.6. The van der Waals surface area contributed by atoms with Gasteiger partial charge in [-0.25, -0.2) is 0 Å². The molecule has 7 heteroatoms. The third-order valence-corrected chi connectivity index (χ3v) is 4.11. The summed E-state index contributed by atoms with van der Waals surface area (Å²) in [5, 5.41) is 12.8. The minimum Gasteiger partial charge on any atom is -0.490 e. The molecule has 2 aromatic rings. The molecule has 0 aliphatic heterocycles. The van der Waals surface area contributed by atoms with E-state index in [9.17, 15) is 10.1 Å². The molecule has 1 amide bonds. The van der Waals surface area contributed by atoms with Gasteiger partial charge in [-0.3, -0.25) is 4.79 Å². The van der Waals surface area contributed by atoms with E-state index < -0.39 is 12.0 Å². The van der Waals surface area contributed by atoms with Gasteiger partial charge >= 0.3 is 0 Å². The first-order chi connectivity index (χ1) is 13.4. The quantitative estimate of drug-likeness (QED) is 0.690. The largest absolute Gasteiger partial charge is 0.490 e. The lowest BCUT2D eigenvalue weighted by atomic mass is 10.1. The summed E-state index contributed by atoms with van der Waals surface area (Å²) >= 11 is 5.94. The van der Waals surface area contributed by atoms with Gasteiger partial charge in [0.05, 0.1) is 24.5 Å². The summed E-state index contributed by atoms with van der Waals surface area (Å²) in [6.45, 7) is 8.02. The topological polar surface area (TPSA) is 80.6 Å². The van der Waals surface area contributed by atoms with Crippen LogP contribution in [-0.2, 0) is 4.79 Å². The van der Waals surface area contributed by atoms with Crippen molar-refractivity contribution in [3.63, 3.8) is 0 Å². The number of benzene rings is 2. The van der Waals surface area contributed by atoms with E-state index in [1.165, 1.54) is 0 Å². The van der Waals surface area contributed by atoms with Gasteiger partial charge in [0.2, 0.25) is 0 Å². The van der Waals surface area contributed by atoms with Crippen molar-refractivity contribution in [1.29, 1.82) is 5.26 Å². The van der Waals surface area contributed by atoms with Crippen LogP contribution in [0.4, 0.5) is 5.69 Å². The number of carbonyl (C=O) groups excluding carboxylic acids is 1. The molecule has 0 saturated carbocycles. The summed E-state index contributed by atoms with van der Waals surface area (Å²) in [4.78, 5) is 12.6. The number of hydrogen-bond donors (Lipinski definition) is 1. The average molecular weight is 403 g/mol. The maximum absolute atomic E-state index is 12.6. The number of rotatable bonds is 8. The van der Waals surface area contributed by atoms with E-state index in [1.807, 2.05) is 20.8 Å². The molecule has 0 fully saturated rings. The minimum atomic E-state index is -0.784. The molecule has 28 heavy (non-hydrogen) atoms. The van der Waals surface area contributed by atoms with Crippen LogP contribution in [0.2, 0.25) is 5.02 Å². The van der Waals surface area contributed by atoms with Gasteiger partial charge in [-0.1, -0.05) is 11.6 Å². The van der Waals surface area contributed by atoms with E-state index in [0.717, 1.165) is 5.56 Å². The van der Waals surface area contributed by atoms with E-state index in [0.29, 0.717) is 41.2 Å². The molecule has 2 aromatic carbocycles. The highest BCUT2D eigenvalue weighted by Gasteiger charge is 2.19. The molecule has 0 aromatic heterocycles. The molecule has 2 rings (SSSR count). The van der Waals surface area contributed by atoms with E-state index >= 15 is 0 Å². The molecular formula is C21H23ClN2O4.